The second-order valence-corrected chi connectivity index (χ2v) is 7.42. The molecular weight excluding hydrogens is 348 g/mol. The number of alkyl halides is 2. The van der Waals surface area contributed by atoms with Crippen molar-refractivity contribution < 1.29 is 8.78 Å². The average molecular weight is 369 g/mol. The molecule has 0 spiro atoms. The molecule has 136 valence electrons. The Balaban J connectivity index is 1.59. The van der Waals surface area contributed by atoms with E-state index >= 15 is 0 Å². The summed E-state index contributed by atoms with van der Waals surface area (Å²) >= 11 is 1.73. The largest absolute Gasteiger partial charge is 0.368 e. The fourth-order valence-corrected chi connectivity index (χ4v) is 3.93. The summed E-state index contributed by atoms with van der Waals surface area (Å²) in [7, 11) is 0. The minimum atomic E-state index is -2.58. The molecule has 0 bridgehead atoms. The Morgan fingerprint density at radius 2 is 1.96 bits per heavy atom. The molecule has 25 heavy (non-hydrogen) atoms. The summed E-state index contributed by atoms with van der Waals surface area (Å²) in [5, 5.41) is 4.94. The number of aromatic nitrogens is 3. The Labute approximate surface area is 148 Å². The van der Waals surface area contributed by atoms with Gasteiger partial charge in [-0.05, 0) is 13.8 Å². The van der Waals surface area contributed by atoms with E-state index in [0.29, 0.717) is 5.69 Å². The fraction of sp³-hybridized carbons (Fsp3) is 0.562. The van der Waals surface area contributed by atoms with Crippen LogP contribution in [0.1, 0.15) is 15.6 Å². The number of thiazole rings is 1. The summed E-state index contributed by atoms with van der Waals surface area (Å²) in [5.74, 6) is 0. The molecule has 0 aromatic carbocycles. The molecule has 2 aromatic heterocycles. The summed E-state index contributed by atoms with van der Waals surface area (Å²) < 4.78 is 25.6. The first-order valence-electron chi connectivity index (χ1n) is 8.18. The van der Waals surface area contributed by atoms with Crippen molar-refractivity contribution in [3.8, 4) is 0 Å². The van der Waals surface area contributed by atoms with Crippen LogP contribution in [-0.2, 0) is 13.1 Å². The van der Waals surface area contributed by atoms with Crippen molar-refractivity contribution in [3.05, 3.63) is 38.2 Å². The van der Waals surface area contributed by atoms with E-state index in [4.69, 9.17) is 0 Å². The van der Waals surface area contributed by atoms with Crippen LogP contribution >= 0.6 is 11.3 Å². The molecule has 0 unspecified atom stereocenters. The summed E-state index contributed by atoms with van der Waals surface area (Å²) in [5.41, 5.74) is 1.30. The number of piperazine rings is 1. The lowest BCUT2D eigenvalue weighted by molar-refractivity contribution is 0.119. The highest BCUT2D eigenvalue weighted by Gasteiger charge is 2.20. The molecule has 1 saturated heterocycles. The second-order valence-electron chi connectivity index (χ2n) is 6.13. The Kier molecular flexibility index (Phi) is 5.43. The van der Waals surface area contributed by atoms with Crippen LogP contribution in [0.3, 0.4) is 0 Å². The molecule has 0 atom stereocenters. The first-order valence-corrected chi connectivity index (χ1v) is 8.99. The van der Waals surface area contributed by atoms with Crippen LogP contribution in [-0.4, -0.2) is 52.3 Å². The van der Waals surface area contributed by atoms with E-state index in [2.05, 4.69) is 19.9 Å². The van der Waals surface area contributed by atoms with Crippen molar-refractivity contribution >= 4 is 17.0 Å². The standard InChI is InChI=1S/C16H21F2N5OS/c1-11-14(25-12(2)20-11)9-21-3-5-22(6-4-21)13-7-16(24)23(19-8-13)10-15(17)18/h7-8,15H,3-6,9-10H2,1-2H3. The molecule has 1 fully saturated rings. The van der Waals surface area contributed by atoms with Gasteiger partial charge in [0.05, 0.1) is 22.6 Å². The molecule has 1 aliphatic heterocycles. The number of hydrogen-bond acceptors (Lipinski definition) is 6. The van der Waals surface area contributed by atoms with E-state index in [1.807, 2.05) is 13.8 Å². The summed E-state index contributed by atoms with van der Waals surface area (Å²) in [6.45, 7) is 7.57. The number of aryl methyl sites for hydroxylation is 2. The molecule has 3 heterocycles. The van der Waals surface area contributed by atoms with Gasteiger partial charge in [0.25, 0.3) is 12.0 Å². The monoisotopic (exact) mass is 369 g/mol. The van der Waals surface area contributed by atoms with Gasteiger partial charge in [0.2, 0.25) is 0 Å². The molecule has 0 radical (unpaired) electrons. The van der Waals surface area contributed by atoms with Crippen molar-refractivity contribution in [3.63, 3.8) is 0 Å². The zero-order valence-corrected chi connectivity index (χ0v) is 15.1. The molecule has 9 heteroatoms. The van der Waals surface area contributed by atoms with Gasteiger partial charge in [-0.25, -0.2) is 18.4 Å². The topological polar surface area (TPSA) is 54.3 Å². The van der Waals surface area contributed by atoms with Crippen molar-refractivity contribution in [2.45, 2.75) is 33.4 Å². The van der Waals surface area contributed by atoms with Gasteiger partial charge >= 0.3 is 0 Å². The van der Waals surface area contributed by atoms with Crippen LogP contribution < -0.4 is 10.5 Å². The molecule has 0 N–H and O–H groups in total. The highest BCUT2D eigenvalue weighted by molar-refractivity contribution is 7.11. The molecule has 0 saturated carbocycles. The van der Waals surface area contributed by atoms with Crippen LogP contribution in [0.5, 0.6) is 0 Å². The Morgan fingerprint density at radius 1 is 1.24 bits per heavy atom. The molecule has 0 aliphatic carbocycles. The maximum absolute atomic E-state index is 12.4. The highest BCUT2D eigenvalue weighted by Crippen LogP contribution is 2.21. The van der Waals surface area contributed by atoms with Crippen molar-refractivity contribution in [2.24, 2.45) is 0 Å². The second kappa shape index (κ2) is 7.57. The molecule has 2 aromatic rings. The predicted molar refractivity (Wildman–Crippen MR) is 93.6 cm³/mol. The maximum atomic E-state index is 12.4. The normalized spacial score (nSPS) is 16.0. The quantitative estimate of drug-likeness (QED) is 0.806. The lowest BCUT2D eigenvalue weighted by atomic mass is 10.2. The van der Waals surface area contributed by atoms with Crippen molar-refractivity contribution in [1.82, 2.24) is 19.7 Å². The van der Waals surface area contributed by atoms with E-state index in [-0.39, 0.29) is 0 Å². The molecule has 3 rings (SSSR count). The third-order valence-corrected chi connectivity index (χ3v) is 5.33. The number of nitrogens with zero attached hydrogens (tertiary/aromatic N) is 5. The number of rotatable bonds is 5. The zero-order chi connectivity index (χ0) is 18.0. The fourth-order valence-electron chi connectivity index (χ4n) is 2.95. The minimum absolute atomic E-state index is 0.490. The van der Waals surface area contributed by atoms with Gasteiger partial charge in [0.1, 0.15) is 6.54 Å². The SMILES string of the molecule is Cc1nc(C)c(CN2CCN(c3cnn(CC(F)F)c(=O)c3)CC2)s1. The van der Waals surface area contributed by atoms with Gasteiger partial charge in [-0.3, -0.25) is 9.69 Å². The Bertz CT molecular complexity index is 783. The van der Waals surface area contributed by atoms with Crippen LogP contribution in [0.25, 0.3) is 0 Å². The third-order valence-electron chi connectivity index (χ3n) is 4.27. The molecule has 0 amide bonds. The van der Waals surface area contributed by atoms with Gasteiger partial charge in [-0.2, -0.15) is 5.10 Å². The molecule has 6 nitrogen and oxygen atoms in total. The highest BCUT2D eigenvalue weighted by atomic mass is 32.1. The average Bonchev–Trinajstić information content (AvgIpc) is 2.87. The van der Waals surface area contributed by atoms with Crippen LogP contribution in [0.2, 0.25) is 0 Å². The molecule has 1 aliphatic rings. The third kappa shape index (κ3) is 4.40. The van der Waals surface area contributed by atoms with E-state index in [0.717, 1.165) is 48.1 Å². The van der Waals surface area contributed by atoms with E-state index in [1.165, 1.54) is 17.1 Å². The smallest absolute Gasteiger partial charge is 0.269 e. The zero-order valence-electron chi connectivity index (χ0n) is 14.3. The number of halogens is 2. The minimum Gasteiger partial charge on any atom is -0.368 e. The first-order chi connectivity index (χ1) is 11.9. The van der Waals surface area contributed by atoms with E-state index < -0.39 is 18.5 Å². The predicted octanol–water partition coefficient (Wildman–Crippen LogP) is 1.90. The summed E-state index contributed by atoms with van der Waals surface area (Å²) in [4.78, 5) is 22.1. The van der Waals surface area contributed by atoms with Crippen LogP contribution in [0.15, 0.2) is 17.1 Å². The van der Waals surface area contributed by atoms with E-state index in [1.54, 1.807) is 11.3 Å². The Hall–Kier alpha value is -1.87. The van der Waals surface area contributed by atoms with E-state index in [9.17, 15) is 13.6 Å². The lowest BCUT2D eigenvalue weighted by Gasteiger charge is -2.35. The lowest BCUT2D eigenvalue weighted by Crippen LogP contribution is -2.46. The molecular formula is C16H21F2N5OS. The van der Waals surface area contributed by atoms with Crippen molar-refractivity contribution in [1.29, 1.82) is 0 Å². The summed E-state index contributed by atoms with van der Waals surface area (Å²) in [6, 6.07) is 1.39. The van der Waals surface area contributed by atoms with Gasteiger partial charge in [0, 0.05) is 43.7 Å². The number of hydrogen-bond donors (Lipinski definition) is 0. The van der Waals surface area contributed by atoms with Gasteiger partial charge in [0.15, 0.2) is 0 Å². The Morgan fingerprint density at radius 3 is 2.52 bits per heavy atom. The van der Waals surface area contributed by atoms with Crippen molar-refractivity contribution in [2.75, 3.05) is 31.1 Å². The van der Waals surface area contributed by atoms with Crippen LogP contribution in [0, 0.1) is 13.8 Å². The van der Waals surface area contributed by atoms with Gasteiger partial charge in [-0.1, -0.05) is 0 Å². The number of anilines is 1. The van der Waals surface area contributed by atoms with Gasteiger partial charge in [-0.15, -0.1) is 11.3 Å². The first kappa shape index (κ1) is 17.9. The van der Waals surface area contributed by atoms with Gasteiger partial charge < -0.3 is 4.90 Å². The van der Waals surface area contributed by atoms with Crippen LogP contribution in [0.4, 0.5) is 14.5 Å². The summed E-state index contributed by atoms with van der Waals surface area (Å²) in [6.07, 6.45) is -1.09. The maximum Gasteiger partial charge on any atom is 0.269 e.